The standard InChI is InChI=1S/C23H23FN4O3/c1-14-3-6-17(7-4-14)13-27-22(30)20(21(29)25-12-16-8-9-16)26-28(23(27)31)18-10-5-15(2)19(24)11-18/h3-7,10-11,16H,8-9,12-13H2,1-2H3,(H,25,29). The maximum Gasteiger partial charge on any atom is 0.352 e. The van der Waals surface area contributed by atoms with Gasteiger partial charge in [-0.3, -0.25) is 14.2 Å². The van der Waals surface area contributed by atoms with Crippen LogP contribution in [0.2, 0.25) is 0 Å². The molecule has 0 atom stereocenters. The van der Waals surface area contributed by atoms with E-state index in [1.807, 2.05) is 31.2 Å². The third kappa shape index (κ3) is 4.47. The van der Waals surface area contributed by atoms with Crippen molar-refractivity contribution in [1.29, 1.82) is 0 Å². The predicted molar refractivity (Wildman–Crippen MR) is 114 cm³/mol. The molecule has 0 aliphatic heterocycles. The molecule has 160 valence electrons. The minimum Gasteiger partial charge on any atom is -0.350 e. The minimum absolute atomic E-state index is 0.0300. The zero-order valence-electron chi connectivity index (χ0n) is 17.4. The van der Waals surface area contributed by atoms with Crippen LogP contribution in [0.25, 0.3) is 5.69 Å². The number of benzene rings is 2. The first-order valence-electron chi connectivity index (χ1n) is 10.2. The number of hydrogen-bond acceptors (Lipinski definition) is 4. The van der Waals surface area contributed by atoms with Gasteiger partial charge in [-0.25, -0.2) is 9.18 Å². The van der Waals surface area contributed by atoms with Gasteiger partial charge in [-0.05, 0) is 49.8 Å². The third-order valence-corrected chi connectivity index (χ3v) is 5.38. The van der Waals surface area contributed by atoms with E-state index in [1.165, 1.54) is 12.1 Å². The average molecular weight is 422 g/mol. The first-order chi connectivity index (χ1) is 14.8. The maximum absolute atomic E-state index is 14.1. The molecule has 3 aromatic rings. The Morgan fingerprint density at radius 2 is 1.84 bits per heavy atom. The van der Waals surface area contributed by atoms with E-state index in [4.69, 9.17) is 0 Å². The molecule has 1 N–H and O–H groups in total. The van der Waals surface area contributed by atoms with E-state index in [0.717, 1.165) is 39.3 Å². The summed E-state index contributed by atoms with van der Waals surface area (Å²) in [5.41, 5.74) is 0.401. The van der Waals surface area contributed by atoms with E-state index in [0.29, 0.717) is 18.0 Å². The SMILES string of the molecule is Cc1ccc(Cn2c(=O)c(C(=O)NCC3CC3)nn(-c3ccc(C)c(F)c3)c2=O)cc1. The summed E-state index contributed by atoms with van der Waals surface area (Å²) in [4.78, 5) is 38.8. The van der Waals surface area contributed by atoms with E-state index in [2.05, 4.69) is 10.4 Å². The van der Waals surface area contributed by atoms with Gasteiger partial charge in [0.15, 0.2) is 0 Å². The van der Waals surface area contributed by atoms with Crippen molar-refractivity contribution >= 4 is 5.91 Å². The lowest BCUT2D eigenvalue weighted by atomic mass is 10.1. The molecule has 1 aliphatic rings. The van der Waals surface area contributed by atoms with Crippen molar-refractivity contribution in [3.05, 3.63) is 91.5 Å². The van der Waals surface area contributed by atoms with E-state index in [9.17, 15) is 18.8 Å². The lowest BCUT2D eigenvalue weighted by molar-refractivity contribution is 0.0942. The highest BCUT2D eigenvalue weighted by atomic mass is 19.1. The van der Waals surface area contributed by atoms with Gasteiger partial charge in [0.25, 0.3) is 11.5 Å². The number of aryl methyl sites for hydroxylation is 2. The van der Waals surface area contributed by atoms with Crippen LogP contribution in [0.5, 0.6) is 0 Å². The quantitative estimate of drug-likeness (QED) is 0.661. The zero-order chi connectivity index (χ0) is 22.1. The largest absolute Gasteiger partial charge is 0.352 e. The summed E-state index contributed by atoms with van der Waals surface area (Å²) in [7, 11) is 0. The zero-order valence-corrected chi connectivity index (χ0v) is 17.4. The van der Waals surface area contributed by atoms with Gasteiger partial charge in [-0.2, -0.15) is 9.78 Å². The summed E-state index contributed by atoms with van der Waals surface area (Å²) < 4.78 is 16.0. The van der Waals surface area contributed by atoms with Gasteiger partial charge in [-0.1, -0.05) is 35.9 Å². The van der Waals surface area contributed by atoms with E-state index in [1.54, 1.807) is 6.92 Å². The molecule has 2 aromatic carbocycles. The molecular weight excluding hydrogens is 399 g/mol. The lowest BCUT2D eigenvalue weighted by Gasteiger charge is -2.13. The Labute approximate surface area is 178 Å². The fraction of sp³-hybridized carbons (Fsp3) is 0.304. The first kappa shape index (κ1) is 20.7. The molecule has 0 spiro atoms. The van der Waals surface area contributed by atoms with E-state index in [-0.39, 0.29) is 12.2 Å². The van der Waals surface area contributed by atoms with Gasteiger partial charge in [0.1, 0.15) is 5.82 Å². The average Bonchev–Trinajstić information content (AvgIpc) is 3.57. The summed E-state index contributed by atoms with van der Waals surface area (Å²) in [6.45, 7) is 3.96. The smallest absolute Gasteiger partial charge is 0.350 e. The van der Waals surface area contributed by atoms with Crippen LogP contribution in [0.1, 0.15) is 40.0 Å². The van der Waals surface area contributed by atoms with Crippen LogP contribution in [0.3, 0.4) is 0 Å². The van der Waals surface area contributed by atoms with Crippen LogP contribution in [0.4, 0.5) is 4.39 Å². The second kappa shape index (κ2) is 8.29. The highest BCUT2D eigenvalue weighted by Gasteiger charge is 2.25. The van der Waals surface area contributed by atoms with Crippen molar-refractivity contribution in [2.45, 2.75) is 33.2 Å². The Hall–Kier alpha value is -3.55. The predicted octanol–water partition coefficient (Wildman–Crippen LogP) is 2.34. The Morgan fingerprint density at radius 1 is 1.13 bits per heavy atom. The molecule has 1 aromatic heterocycles. The van der Waals surface area contributed by atoms with Crippen molar-refractivity contribution in [3.63, 3.8) is 0 Å². The van der Waals surface area contributed by atoms with Crippen molar-refractivity contribution in [3.8, 4) is 5.69 Å². The Balaban J connectivity index is 1.82. The minimum atomic E-state index is -0.775. The molecular formula is C23H23FN4O3. The molecule has 0 bridgehead atoms. The number of carbonyl (C=O) groups is 1. The number of hydrogen-bond donors (Lipinski definition) is 1. The molecule has 1 amide bonds. The number of halogens is 1. The summed E-state index contributed by atoms with van der Waals surface area (Å²) in [6.07, 6.45) is 2.07. The van der Waals surface area contributed by atoms with Crippen LogP contribution < -0.4 is 16.6 Å². The van der Waals surface area contributed by atoms with Gasteiger partial charge in [0.2, 0.25) is 5.69 Å². The number of aromatic nitrogens is 3. The normalized spacial score (nSPS) is 13.3. The molecule has 1 heterocycles. The van der Waals surface area contributed by atoms with Crippen LogP contribution in [-0.4, -0.2) is 26.8 Å². The van der Waals surface area contributed by atoms with E-state index < -0.39 is 28.7 Å². The highest BCUT2D eigenvalue weighted by Crippen LogP contribution is 2.27. The van der Waals surface area contributed by atoms with Crippen LogP contribution in [0.15, 0.2) is 52.1 Å². The van der Waals surface area contributed by atoms with Gasteiger partial charge >= 0.3 is 5.69 Å². The Bertz CT molecular complexity index is 1260. The summed E-state index contributed by atoms with van der Waals surface area (Å²) >= 11 is 0. The monoisotopic (exact) mass is 422 g/mol. The molecule has 8 heteroatoms. The van der Waals surface area contributed by atoms with Crippen molar-refractivity contribution in [2.24, 2.45) is 5.92 Å². The Morgan fingerprint density at radius 3 is 2.48 bits per heavy atom. The molecule has 4 rings (SSSR count). The Kier molecular flexibility index (Phi) is 5.54. The number of amides is 1. The van der Waals surface area contributed by atoms with E-state index >= 15 is 0 Å². The molecule has 0 saturated heterocycles. The molecule has 0 radical (unpaired) electrons. The molecule has 1 fully saturated rings. The first-order valence-corrected chi connectivity index (χ1v) is 10.2. The van der Waals surface area contributed by atoms with Gasteiger partial charge in [0.05, 0.1) is 12.2 Å². The summed E-state index contributed by atoms with van der Waals surface area (Å²) in [6, 6.07) is 11.6. The molecule has 1 aliphatic carbocycles. The number of nitrogens with zero attached hydrogens (tertiary/aromatic N) is 3. The molecule has 1 saturated carbocycles. The van der Waals surface area contributed by atoms with Crippen molar-refractivity contribution < 1.29 is 9.18 Å². The van der Waals surface area contributed by atoms with Crippen LogP contribution >= 0.6 is 0 Å². The number of carbonyl (C=O) groups excluding carboxylic acids is 1. The van der Waals surface area contributed by atoms with Gasteiger partial charge in [-0.15, -0.1) is 0 Å². The van der Waals surface area contributed by atoms with Crippen molar-refractivity contribution in [1.82, 2.24) is 19.7 Å². The maximum atomic E-state index is 14.1. The van der Waals surface area contributed by atoms with Crippen LogP contribution in [-0.2, 0) is 6.54 Å². The van der Waals surface area contributed by atoms with Gasteiger partial charge in [0, 0.05) is 12.6 Å². The number of nitrogens with one attached hydrogen (secondary N) is 1. The van der Waals surface area contributed by atoms with Crippen molar-refractivity contribution in [2.75, 3.05) is 6.54 Å². The fourth-order valence-electron chi connectivity index (χ4n) is 3.20. The highest BCUT2D eigenvalue weighted by molar-refractivity contribution is 5.91. The fourth-order valence-corrected chi connectivity index (χ4v) is 3.20. The molecule has 31 heavy (non-hydrogen) atoms. The lowest BCUT2D eigenvalue weighted by Crippen LogP contribution is -2.46. The van der Waals surface area contributed by atoms with Crippen LogP contribution in [0, 0.1) is 25.6 Å². The molecule has 7 nitrogen and oxygen atoms in total. The third-order valence-electron chi connectivity index (χ3n) is 5.38. The number of rotatable bonds is 6. The second-order valence-electron chi connectivity index (χ2n) is 8.01. The topological polar surface area (TPSA) is 86.0 Å². The molecule has 0 unspecified atom stereocenters. The second-order valence-corrected chi connectivity index (χ2v) is 8.01. The summed E-state index contributed by atoms with van der Waals surface area (Å²) in [5.74, 6) is -0.742. The summed E-state index contributed by atoms with van der Waals surface area (Å²) in [5, 5.41) is 6.73. The van der Waals surface area contributed by atoms with Gasteiger partial charge < -0.3 is 5.32 Å².